The van der Waals surface area contributed by atoms with E-state index in [0.717, 1.165) is 0 Å². The lowest BCUT2D eigenvalue weighted by Gasteiger charge is -2.32. The number of aliphatic carboxylic acids is 1. The van der Waals surface area contributed by atoms with Crippen molar-refractivity contribution in [2.24, 2.45) is 11.8 Å². The van der Waals surface area contributed by atoms with Crippen molar-refractivity contribution in [1.29, 1.82) is 0 Å². The Morgan fingerprint density at radius 1 is 1.19 bits per heavy atom. The van der Waals surface area contributed by atoms with Gasteiger partial charge in [-0.15, -0.1) is 0 Å². The van der Waals surface area contributed by atoms with Gasteiger partial charge in [0.1, 0.15) is 0 Å². The van der Waals surface area contributed by atoms with Gasteiger partial charge in [0.25, 0.3) is 0 Å². The summed E-state index contributed by atoms with van der Waals surface area (Å²) in [4.78, 5) is 11.4. The molecule has 0 aromatic carbocycles. The highest BCUT2D eigenvalue weighted by atomic mass is 16.5. The molecule has 0 fully saturated rings. The normalized spacial score (nSPS) is 12.4. The largest absolute Gasteiger partial charge is 0.479 e. The quantitative estimate of drug-likeness (QED) is 0.671. The fraction of sp³-hybridized carbons (Fsp3) is 0.917. The van der Waals surface area contributed by atoms with Crippen molar-refractivity contribution in [3.63, 3.8) is 0 Å². The van der Waals surface area contributed by atoms with Gasteiger partial charge in [0.15, 0.2) is 5.60 Å². The molecule has 0 saturated heterocycles. The number of rotatable bonds is 8. The lowest BCUT2D eigenvalue weighted by atomic mass is 9.85. The third-order valence-corrected chi connectivity index (χ3v) is 2.34. The summed E-state index contributed by atoms with van der Waals surface area (Å²) in [6, 6.07) is 0. The average Bonchev–Trinajstić information content (AvgIpc) is 2.11. The second-order valence-electron chi connectivity index (χ2n) is 5.07. The molecule has 0 aromatic rings. The maximum Gasteiger partial charge on any atom is 0.335 e. The van der Waals surface area contributed by atoms with E-state index in [4.69, 9.17) is 9.84 Å². The molecular formula is C12H24O4. The van der Waals surface area contributed by atoms with Crippen molar-refractivity contribution in [3.8, 4) is 0 Å². The first-order valence-electron chi connectivity index (χ1n) is 5.82. The summed E-state index contributed by atoms with van der Waals surface area (Å²) in [5.41, 5.74) is -1.15. The maximum absolute atomic E-state index is 11.4. The van der Waals surface area contributed by atoms with Crippen molar-refractivity contribution in [3.05, 3.63) is 0 Å². The summed E-state index contributed by atoms with van der Waals surface area (Å²) in [5.74, 6) is -0.439. The smallest absolute Gasteiger partial charge is 0.335 e. The molecule has 0 aliphatic heterocycles. The minimum atomic E-state index is -1.15. The Hall–Kier alpha value is -0.610. The number of hydrogen-bond acceptors (Lipinski definition) is 3. The fourth-order valence-corrected chi connectivity index (χ4v) is 2.00. The van der Waals surface area contributed by atoms with Crippen molar-refractivity contribution in [2.45, 2.75) is 46.1 Å². The number of carboxylic acids is 1. The highest BCUT2D eigenvalue weighted by Crippen LogP contribution is 2.29. The molecule has 4 heteroatoms. The molecule has 0 unspecified atom stereocenters. The second kappa shape index (κ2) is 6.86. The van der Waals surface area contributed by atoms with E-state index in [9.17, 15) is 9.90 Å². The summed E-state index contributed by atoms with van der Waals surface area (Å²) in [6.07, 6.45) is 0.945. The first-order chi connectivity index (χ1) is 7.34. The van der Waals surface area contributed by atoms with Crippen LogP contribution in [0.4, 0.5) is 0 Å². The summed E-state index contributed by atoms with van der Waals surface area (Å²) >= 11 is 0. The predicted molar refractivity (Wildman–Crippen MR) is 62.3 cm³/mol. The van der Waals surface area contributed by atoms with Gasteiger partial charge in [0.05, 0.1) is 13.2 Å². The molecule has 2 N–H and O–H groups in total. The zero-order valence-electron chi connectivity index (χ0n) is 10.7. The van der Waals surface area contributed by atoms with Crippen LogP contribution in [0.25, 0.3) is 0 Å². The summed E-state index contributed by atoms with van der Waals surface area (Å²) < 4.78 is 5.41. The molecule has 0 saturated carbocycles. The number of ether oxygens (including phenoxy) is 1. The molecule has 0 rings (SSSR count). The topological polar surface area (TPSA) is 66.8 Å². The number of hydrogen-bond donors (Lipinski definition) is 2. The first kappa shape index (κ1) is 15.4. The molecule has 96 valence electrons. The molecule has 0 bridgehead atoms. The van der Waals surface area contributed by atoms with Crippen LogP contribution in [0.2, 0.25) is 0 Å². The van der Waals surface area contributed by atoms with Crippen LogP contribution in [-0.2, 0) is 9.53 Å². The van der Waals surface area contributed by atoms with Gasteiger partial charge in [-0.2, -0.15) is 0 Å². The van der Waals surface area contributed by atoms with Crippen LogP contribution in [0, 0.1) is 11.8 Å². The minimum absolute atomic E-state index is 0.0751. The Morgan fingerprint density at radius 3 is 1.88 bits per heavy atom. The summed E-state index contributed by atoms with van der Waals surface area (Å²) in [5, 5.41) is 18.1. The van der Waals surface area contributed by atoms with E-state index in [1.165, 1.54) is 0 Å². The van der Waals surface area contributed by atoms with Crippen LogP contribution in [-0.4, -0.2) is 35.0 Å². The number of aliphatic hydroxyl groups excluding tert-OH is 1. The van der Waals surface area contributed by atoms with Crippen LogP contribution in [0.5, 0.6) is 0 Å². The van der Waals surface area contributed by atoms with Crippen molar-refractivity contribution in [2.75, 3.05) is 13.2 Å². The van der Waals surface area contributed by atoms with E-state index in [-0.39, 0.29) is 25.0 Å². The molecule has 0 heterocycles. The van der Waals surface area contributed by atoms with Gasteiger partial charge >= 0.3 is 5.97 Å². The number of aliphatic hydroxyl groups is 1. The molecular weight excluding hydrogens is 208 g/mol. The third-order valence-electron chi connectivity index (χ3n) is 2.34. The lowest BCUT2D eigenvalue weighted by molar-refractivity contribution is -0.172. The van der Waals surface area contributed by atoms with Gasteiger partial charge < -0.3 is 14.9 Å². The van der Waals surface area contributed by atoms with Crippen LogP contribution >= 0.6 is 0 Å². The van der Waals surface area contributed by atoms with Crippen LogP contribution in [0.1, 0.15) is 40.5 Å². The molecule has 0 amide bonds. The van der Waals surface area contributed by atoms with E-state index in [2.05, 4.69) is 0 Å². The highest BCUT2D eigenvalue weighted by molar-refractivity contribution is 5.77. The van der Waals surface area contributed by atoms with Crippen molar-refractivity contribution < 1.29 is 19.7 Å². The van der Waals surface area contributed by atoms with Crippen molar-refractivity contribution >= 4 is 5.97 Å². The molecule has 0 radical (unpaired) electrons. The van der Waals surface area contributed by atoms with Crippen LogP contribution < -0.4 is 0 Å². The molecule has 16 heavy (non-hydrogen) atoms. The standard InChI is InChI=1S/C12H24O4/c1-9(2)7-12(11(14)15,8-10(3)4)16-6-5-13/h9-10,13H,5-8H2,1-4H3,(H,14,15). The van der Waals surface area contributed by atoms with Crippen LogP contribution in [0.15, 0.2) is 0 Å². The Labute approximate surface area is 97.6 Å². The predicted octanol–water partition coefficient (Wildman–Crippen LogP) is 1.91. The van der Waals surface area contributed by atoms with E-state index in [1.54, 1.807) is 0 Å². The maximum atomic E-state index is 11.4. The zero-order chi connectivity index (χ0) is 12.8. The Morgan fingerprint density at radius 2 is 1.62 bits per heavy atom. The van der Waals surface area contributed by atoms with E-state index in [0.29, 0.717) is 12.8 Å². The highest BCUT2D eigenvalue weighted by Gasteiger charge is 2.40. The van der Waals surface area contributed by atoms with Gasteiger partial charge in [-0.25, -0.2) is 4.79 Å². The fourth-order valence-electron chi connectivity index (χ4n) is 2.00. The van der Waals surface area contributed by atoms with Gasteiger partial charge in [0, 0.05) is 0 Å². The van der Waals surface area contributed by atoms with Gasteiger partial charge in [-0.1, -0.05) is 27.7 Å². The summed E-state index contributed by atoms with van der Waals surface area (Å²) in [6.45, 7) is 7.82. The molecule has 0 aliphatic carbocycles. The zero-order valence-corrected chi connectivity index (χ0v) is 10.7. The van der Waals surface area contributed by atoms with Crippen molar-refractivity contribution in [1.82, 2.24) is 0 Å². The molecule has 0 atom stereocenters. The summed E-state index contributed by atoms with van der Waals surface area (Å²) in [7, 11) is 0. The van der Waals surface area contributed by atoms with E-state index < -0.39 is 11.6 Å². The Bertz CT molecular complexity index is 201. The van der Waals surface area contributed by atoms with Gasteiger partial charge in [0.2, 0.25) is 0 Å². The monoisotopic (exact) mass is 232 g/mol. The number of carbonyl (C=O) groups is 1. The van der Waals surface area contributed by atoms with Gasteiger partial charge in [-0.05, 0) is 24.7 Å². The van der Waals surface area contributed by atoms with Gasteiger partial charge in [-0.3, -0.25) is 0 Å². The minimum Gasteiger partial charge on any atom is -0.479 e. The molecule has 0 spiro atoms. The average molecular weight is 232 g/mol. The Kier molecular flexibility index (Phi) is 6.60. The number of carboxylic acid groups (broad SMARTS) is 1. The first-order valence-corrected chi connectivity index (χ1v) is 5.82. The third kappa shape index (κ3) is 4.94. The van der Waals surface area contributed by atoms with E-state index >= 15 is 0 Å². The van der Waals surface area contributed by atoms with E-state index in [1.807, 2.05) is 27.7 Å². The Balaban J connectivity index is 4.81. The molecule has 0 aromatic heterocycles. The SMILES string of the molecule is CC(C)CC(CC(C)C)(OCCO)C(=O)O. The van der Waals surface area contributed by atoms with Crippen LogP contribution in [0.3, 0.4) is 0 Å². The lowest BCUT2D eigenvalue weighted by Crippen LogP contribution is -2.44. The molecule has 4 nitrogen and oxygen atoms in total. The second-order valence-corrected chi connectivity index (χ2v) is 5.07. The molecule has 0 aliphatic rings.